The van der Waals surface area contributed by atoms with Crippen molar-refractivity contribution in [3.05, 3.63) is 59.4 Å². The SMILES string of the molecule is CCCCn1c(COC(=O)c2ccc(C(F)(F)F)cc2)nc2cc(S(N)(=O)=O)ccc21. The van der Waals surface area contributed by atoms with Gasteiger partial charge in [0.2, 0.25) is 10.0 Å². The average Bonchev–Trinajstić information content (AvgIpc) is 3.06. The Bertz CT molecular complexity index is 1200. The van der Waals surface area contributed by atoms with Crippen LogP contribution in [0.2, 0.25) is 0 Å². The van der Waals surface area contributed by atoms with Gasteiger partial charge >= 0.3 is 12.1 Å². The Hall–Kier alpha value is -2.92. The highest BCUT2D eigenvalue weighted by Gasteiger charge is 2.30. The third-order valence-electron chi connectivity index (χ3n) is 4.64. The molecule has 2 aromatic carbocycles. The zero-order valence-electron chi connectivity index (χ0n) is 16.5. The van der Waals surface area contributed by atoms with E-state index in [4.69, 9.17) is 9.88 Å². The number of fused-ring (bicyclic) bond motifs is 1. The van der Waals surface area contributed by atoms with Gasteiger partial charge < -0.3 is 9.30 Å². The second-order valence-electron chi connectivity index (χ2n) is 6.88. The molecule has 0 atom stereocenters. The standard InChI is InChI=1S/C20H20F3N3O4S/c1-2-3-10-26-17-9-8-15(31(24,28)29)11-16(17)25-18(26)12-30-19(27)13-4-6-14(7-5-13)20(21,22)23/h4-9,11H,2-3,10,12H2,1H3,(H2,24,28,29). The van der Waals surface area contributed by atoms with Gasteiger partial charge in [-0.2, -0.15) is 13.2 Å². The molecule has 0 spiro atoms. The highest BCUT2D eigenvalue weighted by molar-refractivity contribution is 7.89. The minimum atomic E-state index is -4.50. The van der Waals surface area contributed by atoms with E-state index >= 15 is 0 Å². The number of ether oxygens (including phenoxy) is 1. The summed E-state index contributed by atoms with van der Waals surface area (Å²) in [4.78, 5) is 16.5. The van der Waals surface area contributed by atoms with Gasteiger partial charge in [0, 0.05) is 6.54 Å². The summed E-state index contributed by atoms with van der Waals surface area (Å²) in [6.45, 7) is 2.33. The lowest BCUT2D eigenvalue weighted by molar-refractivity contribution is -0.137. The van der Waals surface area contributed by atoms with Crippen molar-refractivity contribution in [1.29, 1.82) is 0 Å². The summed E-state index contributed by atoms with van der Waals surface area (Å²) < 4.78 is 68.3. The fraction of sp³-hybridized carbons (Fsp3) is 0.300. The Labute approximate surface area is 176 Å². The van der Waals surface area contributed by atoms with Gasteiger partial charge in [-0.25, -0.2) is 23.3 Å². The van der Waals surface area contributed by atoms with E-state index in [1.165, 1.54) is 12.1 Å². The largest absolute Gasteiger partial charge is 0.454 e. The van der Waals surface area contributed by atoms with E-state index in [-0.39, 0.29) is 17.1 Å². The molecule has 0 saturated carbocycles. The number of hydrogen-bond acceptors (Lipinski definition) is 5. The van der Waals surface area contributed by atoms with Gasteiger partial charge in [0.25, 0.3) is 0 Å². The molecular formula is C20H20F3N3O4S. The number of hydrogen-bond donors (Lipinski definition) is 1. The molecule has 1 aromatic heterocycles. The van der Waals surface area contributed by atoms with E-state index in [0.29, 0.717) is 23.4 Å². The zero-order chi connectivity index (χ0) is 22.8. The van der Waals surface area contributed by atoms with Gasteiger partial charge in [-0.3, -0.25) is 0 Å². The molecule has 0 bridgehead atoms. The number of aromatic nitrogens is 2. The molecule has 0 aliphatic carbocycles. The molecule has 3 aromatic rings. The van der Waals surface area contributed by atoms with Crippen LogP contribution in [-0.2, 0) is 34.1 Å². The second kappa shape index (κ2) is 8.67. The number of rotatable bonds is 7. The van der Waals surface area contributed by atoms with Crippen LogP contribution in [0.4, 0.5) is 13.2 Å². The van der Waals surface area contributed by atoms with Crippen LogP contribution in [0.1, 0.15) is 41.5 Å². The summed E-state index contributed by atoms with van der Waals surface area (Å²) in [6.07, 6.45) is -2.80. The lowest BCUT2D eigenvalue weighted by Gasteiger charge is -2.10. The summed E-state index contributed by atoms with van der Waals surface area (Å²) in [6, 6.07) is 8.00. The van der Waals surface area contributed by atoms with Crippen molar-refractivity contribution in [1.82, 2.24) is 9.55 Å². The van der Waals surface area contributed by atoms with Crippen LogP contribution in [-0.4, -0.2) is 23.9 Å². The van der Waals surface area contributed by atoms with Gasteiger partial charge in [-0.1, -0.05) is 13.3 Å². The number of esters is 1. The Morgan fingerprint density at radius 3 is 2.42 bits per heavy atom. The Morgan fingerprint density at radius 1 is 1.16 bits per heavy atom. The first-order chi connectivity index (χ1) is 14.5. The molecule has 0 fully saturated rings. The molecule has 166 valence electrons. The molecule has 0 aliphatic rings. The molecule has 7 nitrogen and oxygen atoms in total. The molecule has 2 N–H and O–H groups in total. The molecule has 11 heteroatoms. The Morgan fingerprint density at radius 2 is 1.84 bits per heavy atom. The summed E-state index contributed by atoms with van der Waals surface area (Å²) in [5.74, 6) is -0.414. The Balaban J connectivity index is 1.84. The van der Waals surface area contributed by atoms with Crippen molar-refractivity contribution in [2.45, 2.75) is 44.0 Å². The minimum absolute atomic E-state index is 0.0271. The molecule has 0 saturated heterocycles. The van der Waals surface area contributed by atoms with Crippen LogP contribution in [0.5, 0.6) is 0 Å². The number of carbonyl (C=O) groups excluding carboxylic acids is 1. The summed E-state index contributed by atoms with van der Waals surface area (Å²) in [5, 5.41) is 5.17. The molecule has 3 rings (SSSR count). The van der Waals surface area contributed by atoms with Gasteiger partial charge in [-0.15, -0.1) is 0 Å². The fourth-order valence-corrected chi connectivity index (χ4v) is 3.55. The third-order valence-corrected chi connectivity index (χ3v) is 5.55. The van der Waals surface area contributed by atoms with E-state index in [0.717, 1.165) is 37.1 Å². The van der Waals surface area contributed by atoms with Crippen molar-refractivity contribution < 1.29 is 31.1 Å². The number of imidazole rings is 1. The normalized spacial score (nSPS) is 12.3. The quantitative estimate of drug-likeness (QED) is 0.545. The number of sulfonamides is 1. The maximum Gasteiger partial charge on any atom is 0.416 e. The van der Waals surface area contributed by atoms with Crippen molar-refractivity contribution in [2.75, 3.05) is 0 Å². The maximum absolute atomic E-state index is 12.7. The predicted molar refractivity (Wildman–Crippen MR) is 107 cm³/mol. The van der Waals surface area contributed by atoms with E-state index in [2.05, 4.69) is 4.98 Å². The number of alkyl halides is 3. The zero-order valence-corrected chi connectivity index (χ0v) is 17.3. The van der Waals surface area contributed by atoms with Crippen molar-refractivity contribution in [3.63, 3.8) is 0 Å². The topological polar surface area (TPSA) is 104 Å². The number of unbranched alkanes of at least 4 members (excludes halogenated alkanes) is 1. The lowest BCUT2D eigenvalue weighted by atomic mass is 10.1. The third kappa shape index (κ3) is 5.23. The number of halogens is 3. The first kappa shape index (κ1) is 22.8. The average molecular weight is 455 g/mol. The molecule has 0 aliphatic heterocycles. The monoisotopic (exact) mass is 455 g/mol. The summed E-state index contributed by atoms with van der Waals surface area (Å²) in [7, 11) is -3.91. The van der Waals surface area contributed by atoms with Crippen LogP contribution in [0.3, 0.4) is 0 Å². The van der Waals surface area contributed by atoms with Gasteiger partial charge in [0.05, 0.1) is 27.1 Å². The van der Waals surface area contributed by atoms with Gasteiger partial charge in [0.15, 0.2) is 0 Å². The van der Waals surface area contributed by atoms with Crippen LogP contribution >= 0.6 is 0 Å². The van der Waals surface area contributed by atoms with Crippen molar-refractivity contribution in [2.24, 2.45) is 5.14 Å². The van der Waals surface area contributed by atoms with Crippen LogP contribution < -0.4 is 5.14 Å². The number of nitrogens with zero attached hydrogens (tertiary/aromatic N) is 2. The lowest BCUT2D eigenvalue weighted by Crippen LogP contribution is -2.12. The smallest absolute Gasteiger partial charge is 0.416 e. The number of carbonyl (C=O) groups is 1. The van der Waals surface area contributed by atoms with E-state index < -0.39 is 27.7 Å². The molecule has 31 heavy (non-hydrogen) atoms. The summed E-state index contributed by atoms with van der Waals surface area (Å²) >= 11 is 0. The predicted octanol–water partition coefficient (Wildman–Crippen LogP) is 3.86. The molecule has 1 heterocycles. The number of benzene rings is 2. The number of primary sulfonamides is 1. The maximum atomic E-state index is 12.7. The molecule has 0 radical (unpaired) electrons. The van der Waals surface area contributed by atoms with E-state index in [9.17, 15) is 26.4 Å². The molecule has 0 amide bonds. The van der Waals surface area contributed by atoms with Crippen LogP contribution in [0, 0.1) is 0 Å². The minimum Gasteiger partial charge on any atom is -0.454 e. The number of aryl methyl sites for hydroxylation is 1. The summed E-state index contributed by atoms with van der Waals surface area (Å²) in [5.41, 5.74) is 0.140. The highest BCUT2D eigenvalue weighted by atomic mass is 32.2. The van der Waals surface area contributed by atoms with E-state index in [1.54, 1.807) is 6.07 Å². The van der Waals surface area contributed by atoms with Gasteiger partial charge in [-0.05, 0) is 48.9 Å². The Kier molecular flexibility index (Phi) is 6.37. The van der Waals surface area contributed by atoms with Crippen LogP contribution in [0.15, 0.2) is 47.4 Å². The fourth-order valence-electron chi connectivity index (χ4n) is 3.02. The first-order valence-electron chi connectivity index (χ1n) is 9.37. The first-order valence-corrected chi connectivity index (χ1v) is 10.9. The molecular weight excluding hydrogens is 435 g/mol. The van der Waals surface area contributed by atoms with Crippen molar-refractivity contribution >= 4 is 27.0 Å². The molecule has 0 unspecified atom stereocenters. The number of nitrogens with two attached hydrogens (primary N) is 1. The van der Waals surface area contributed by atoms with E-state index in [1.807, 2.05) is 11.5 Å². The van der Waals surface area contributed by atoms with Crippen LogP contribution in [0.25, 0.3) is 11.0 Å². The van der Waals surface area contributed by atoms with Crippen molar-refractivity contribution in [3.8, 4) is 0 Å². The highest BCUT2D eigenvalue weighted by Crippen LogP contribution is 2.29. The van der Waals surface area contributed by atoms with Gasteiger partial charge in [0.1, 0.15) is 12.4 Å². The second-order valence-corrected chi connectivity index (χ2v) is 8.44.